The Labute approximate surface area is 148 Å². The van der Waals surface area contributed by atoms with Crippen LogP contribution in [0.5, 0.6) is 0 Å². The summed E-state index contributed by atoms with van der Waals surface area (Å²) in [5.74, 6) is 0. The molecule has 0 radical (unpaired) electrons. The molecule has 1 aliphatic rings. The molecule has 1 aromatic carbocycles. The molecule has 0 fully saturated rings. The number of carbonyl (C=O) groups is 1. The number of hydrogen-bond acceptors (Lipinski definition) is 5. The molecule has 4 rings (SSSR count). The standard InChI is InChI=1S/C17H16N4OS2/c1-10-15(24-11(2)18-10)14-9-23-16(19-14)20-17(22)21-7-12-5-3-4-6-13(12)8-21/h3-6,9H,7-8H2,1-2H3,(H,19,20,22). The first-order valence-electron chi connectivity index (χ1n) is 7.63. The minimum atomic E-state index is -0.107. The average Bonchev–Trinajstić information content (AvgIpc) is 3.25. The van der Waals surface area contributed by atoms with Gasteiger partial charge in [-0.15, -0.1) is 22.7 Å². The highest BCUT2D eigenvalue weighted by Gasteiger charge is 2.23. The van der Waals surface area contributed by atoms with E-state index in [1.807, 2.05) is 31.4 Å². The molecule has 24 heavy (non-hydrogen) atoms. The number of carbonyl (C=O) groups excluding carboxylic acids is 1. The highest BCUT2D eigenvalue weighted by molar-refractivity contribution is 7.16. The van der Waals surface area contributed by atoms with Crippen LogP contribution in [0, 0.1) is 13.8 Å². The van der Waals surface area contributed by atoms with Crippen molar-refractivity contribution in [1.82, 2.24) is 14.9 Å². The number of hydrogen-bond donors (Lipinski definition) is 1. The number of anilines is 1. The van der Waals surface area contributed by atoms with Crippen LogP contribution < -0.4 is 5.32 Å². The second-order valence-corrected chi connectivity index (χ2v) is 7.80. The van der Waals surface area contributed by atoms with Gasteiger partial charge in [0.15, 0.2) is 5.13 Å². The van der Waals surface area contributed by atoms with Crippen LogP contribution in [0.1, 0.15) is 21.8 Å². The van der Waals surface area contributed by atoms with Crippen LogP contribution in [0.3, 0.4) is 0 Å². The maximum Gasteiger partial charge on any atom is 0.324 e. The fourth-order valence-corrected chi connectivity index (χ4v) is 4.50. The minimum absolute atomic E-state index is 0.107. The van der Waals surface area contributed by atoms with E-state index in [0.717, 1.165) is 21.3 Å². The third-order valence-corrected chi connectivity index (χ3v) is 5.84. The summed E-state index contributed by atoms with van der Waals surface area (Å²) < 4.78 is 0. The van der Waals surface area contributed by atoms with E-state index in [1.54, 1.807) is 16.2 Å². The van der Waals surface area contributed by atoms with Gasteiger partial charge in [-0.25, -0.2) is 14.8 Å². The van der Waals surface area contributed by atoms with Crippen molar-refractivity contribution < 1.29 is 4.79 Å². The molecule has 0 aliphatic carbocycles. The Morgan fingerprint density at radius 3 is 2.50 bits per heavy atom. The first-order valence-corrected chi connectivity index (χ1v) is 9.32. The molecule has 122 valence electrons. The Hall–Kier alpha value is -2.25. The van der Waals surface area contributed by atoms with Crippen molar-refractivity contribution in [2.75, 3.05) is 5.32 Å². The van der Waals surface area contributed by atoms with Crippen molar-refractivity contribution >= 4 is 33.8 Å². The second-order valence-electron chi connectivity index (χ2n) is 5.74. The number of benzene rings is 1. The minimum Gasteiger partial charge on any atom is -0.316 e. The van der Waals surface area contributed by atoms with Gasteiger partial charge in [0.1, 0.15) is 0 Å². The molecular formula is C17H16N4OS2. The second kappa shape index (κ2) is 5.99. The smallest absolute Gasteiger partial charge is 0.316 e. The lowest BCUT2D eigenvalue weighted by atomic mass is 10.1. The third kappa shape index (κ3) is 2.81. The number of fused-ring (bicyclic) bond motifs is 1. The van der Waals surface area contributed by atoms with E-state index in [4.69, 9.17) is 0 Å². The molecule has 1 N–H and O–H groups in total. The largest absolute Gasteiger partial charge is 0.324 e. The topological polar surface area (TPSA) is 58.1 Å². The van der Waals surface area contributed by atoms with Crippen LogP contribution in [0.2, 0.25) is 0 Å². The molecule has 0 spiro atoms. The zero-order valence-corrected chi connectivity index (χ0v) is 15.0. The predicted molar refractivity (Wildman–Crippen MR) is 97.4 cm³/mol. The zero-order valence-electron chi connectivity index (χ0n) is 13.4. The van der Waals surface area contributed by atoms with Crippen molar-refractivity contribution in [3.05, 3.63) is 51.5 Å². The molecule has 0 bridgehead atoms. The van der Waals surface area contributed by atoms with Crippen LogP contribution in [0.4, 0.5) is 9.93 Å². The molecule has 3 heterocycles. The Morgan fingerprint density at radius 2 is 1.88 bits per heavy atom. The monoisotopic (exact) mass is 356 g/mol. The van der Waals surface area contributed by atoms with E-state index in [2.05, 4.69) is 27.4 Å². The number of nitrogens with one attached hydrogen (secondary N) is 1. The van der Waals surface area contributed by atoms with Crippen LogP contribution >= 0.6 is 22.7 Å². The normalized spacial score (nSPS) is 13.2. The molecular weight excluding hydrogens is 340 g/mol. The summed E-state index contributed by atoms with van der Waals surface area (Å²) in [6.07, 6.45) is 0. The van der Waals surface area contributed by atoms with Gasteiger partial charge in [0.2, 0.25) is 0 Å². The molecule has 1 aliphatic heterocycles. The molecule has 0 unspecified atom stereocenters. The molecule has 7 heteroatoms. The van der Waals surface area contributed by atoms with Gasteiger partial charge in [-0.3, -0.25) is 5.32 Å². The van der Waals surface area contributed by atoms with Crippen molar-refractivity contribution in [1.29, 1.82) is 0 Å². The Morgan fingerprint density at radius 1 is 1.17 bits per heavy atom. The summed E-state index contributed by atoms with van der Waals surface area (Å²) in [6.45, 7) is 5.26. The number of thiazole rings is 2. The summed E-state index contributed by atoms with van der Waals surface area (Å²) >= 11 is 3.07. The number of amides is 2. The summed E-state index contributed by atoms with van der Waals surface area (Å²) in [4.78, 5) is 24.3. The highest BCUT2D eigenvalue weighted by Crippen LogP contribution is 2.32. The number of aryl methyl sites for hydroxylation is 2. The Bertz CT molecular complexity index is 890. The van der Waals surface area contributed by atoms with Crippen molar-refractivity contribution in [2.45, 2.75) is 26.9 Å². The van der Waals surface area contributed by atoms with E-state index in [9.17, 15) is 4.79 Å². The number of rotatable bonds is 2. The first kappa shape index (κ1) is 15.3. The summed E-state index contributed by atoms with van der Waals surface area (Å²) in [5, 5.41) is 6.53. The fraction of sp³-hybridized carbons (Fsp3) is 0.235. The molecule has 0 saturated carbocycles. The SMILES string of the molecule is Cc1nc(C)c(-c2csc(NC(=O)N3Cc4ccccc4C3)n2)s1. The van der Waals surface area contributed by atoms with Crippen molar-refractivity contribution in [3.8, 4) is 10.6 Å². The lowest BCUT2D eigenvalue weighted by molar-refractivity contribution is 0.212. The molecule has 2 amide bonds. The van der Waals surface area contributed by atoms with Gasteiger partial charge in [-0.05, 0) is 25.0 Å². The van der Waals surface area contributed by atoms with E-state index >= 15 is 0 Å². The van der Waals surface area contributed by atoms with Gasteiger partial charge in [0.05, 0.1) is 21.3 Å². The lowest BCUT2D eigenvalue weighted by Gasteiger charge is -2.14. The Kier molecular flexibility index (Phi) is 3.82. The zero-order chi connectivity index (χ0) is 16.7. The van der Waals surface area contributed by atoms with Gasteiger partial charge in [0.25, 0.3) is 0 Å². The van der Waals surface area contributed by atoms with Gasteiger partial charge < -0.3 is 4.90 Å². The highest BCUT2D eigenvalue weighted by atomic mass is 32.1. The van der Waals surface area contributed by atoms with E-state index in [1.165, 1.54) is 22.5 Å². The molecule has 5 nitrogen and oxygen atoms in total. The number of nitrogens with zero attached hydrogens (tertiary/aromatic N) is 3. The van der Waals surface area contributed by atoms with Gasteiger partial charge >= 0.3 is 6.03 Å². The average molecular weight is 356 g/mol. The predicted octanol–water partition coefficient (Wildman–Crippen LogP) is 4.43. The van der Waals surface area contributed by atoms with Gasteiger partial charge in [0, 0.05) is 18.5 Å². The summed E-state index contributed by atoms with van der Waals surface area (Å²) in [5.41, 5.74) is 4.28. The van der Waals surface area contributed by atoms with E-state index < -0.39 is 0 Å². The van der Waals surface area contributed by atoms with Crippen LogP contribution in [-0.2, 0) is 13.1 Å². The molecule has 0 saturated heterocycles. The van der Waals surface area contributed by atoms with Crippen LogP contribution in [0.25, 0.3) is 10.6 Å². The third-order valence-electron chi connectivity index (χ3n) is 3.98. The maximum absolute atomic E-state index is 12.5. The fourth-order valence-electron chi connectivity index (χ4n) is 2.85. The van der Waals surface area contributed by atoms with Crippen LogP contribution in [0.15, 0.2) is 29.6 Å². The van der Waals surface area contributed by atoms with E-state index in [-0.39, 0.29) is 6.03 Å². The molecule has 3 aromatic rings. The first-order chi connectivity index (χ1) is 11.6. The number of urea groups is 1. The Balaban J connectivity index is 1.47. The lowest BCUT2D eigenvalue weighted by Crippen LogP contribution is -2.30. The number of aromatic nitrogens is 2. The molecule has 2 aromatic heterocycles. The van der Waals surface area contributed by atoms with Crippen LogP contribution in [-0.4, -0.2) is 20.9 Å². The van der Waals surface area contributed by atoms with E-state index in [0.29, 0.717) is 18.2 Å². The maximum atomic E-state index is 12.5. The quantitative estimate of drug-likeness (QED) is 0.739. The van der Waals surface area contributed by atoms with Gasteiger partial charge in [-0.1, -0.05) is 24.3 Å². The van der Waals surface area contributed by atoms with Gasteiger partial charge in [-0.2, -0.15) is 0 Å². The van der Waals surface area contributed by atoms with Crippen molar-refractivity contribution in [2.24, 2.45) is 0 Å². The summed E-state index contributed by atoms with van der Waals surface area (Å²) in [6, 6.07) is 8.04. The molecule has 0 atom stereocenters. The van der Waals surface area contributed by atoms with Crippen molar-refractivity contribution in [3.63, 3.8) is 0 Å². The summed E-state index contributed by atoms with van der Waals surface area (Å²) in [7, 11) is 0.